The van der Waals surface area contributed by atoms with Gasteiger partial charge in [0.25, 0.3) is 5.97 Å². The summed E-state index contributed by atoms with van der Waals surface area (Å²) < 4.78 is 0. The third kappa shape index (κ3) is 22.9. The van der Waals surface area contributed by atoms with Crippen molar-refractivity contribution in [3.8, 4) is 0 Å². The highest BCUT2D eigenvalue weighted by Crippen LogP contribution is 1.95. The van der Waals surface area contributed by atoms with Crippen LogP contribution in [0, 0.1) is 0 Å². The average Bonchev–Trinajstić information content (AvgIpc) is 2.19. The molecule has 0 saturated heterocycles. The fourth-order valence-electron chi connectivity index (χ4n) is 0.583. The zero-order valence-corrected chi connectivity index (χ0v) is 9.60. The lowest BCUT2D eigenvalue weighted by Crippen LogP contribution is -1.78. The van der Waals surface area contributed by atoms with E-state index in [-0.39, 0.29) is 14.0 Å². The zero-order chi connectivity index (χ0) is 12.1. The highest BCUT2D eigenvalue weighted by molar-refractivity contribution is 5.62. The van der Waals surface area contributed by atoms with Crippen molar-refractivity contribution in [2.24, 2.45) is 0 Å². The van der Waals surface area contributed by atoms with Crippen LogP contribution in [0.5, 0.6) is 0 Å². The summed E-state index contributed by atoms with van der Waals surface area (Å²) in [5.41, 5.74) is 0.965. The Balaban J connectivity index is -0.000000182. The molecule has 0 atom stereocenters. The molecule has 0 unspecified atom stereocenters. The van der Waals surface area contributed by atoms with Crippen LogP contribution in [0.3, 0.4) is 0 Å². The molecule has 1 aromatic rings. The summed E-state index contributed by atoms with van der Waals surface area (Å²) in [6, 6.07) is 9.52. The molecule has 94 valence electrons. The first-order valence-corrected chi connectivity index (χ1v) is 4.92. The van der Waals surface area contributed by atoms with Crippen LogP contribution in [0.1, 0.15) is 40.2 Å². The quantitative estimate of drug-likeness (QED) is 0.775. The molecule has 0 bridgehead atoms. The summed E-state index contributed by atoms with van der Waals surface area (Å²) in [6.45, 7) is 5.47. The van der Waals surface area contributed by atoms with E-state index < -0.39 is 5.97 Å². The van der Waals surface area contributed by atoms with E-state index in [0.717, 1.165) is 12.5 Å². The number of benzene rings is 1. The summed E-state index contributed by atoms with van der Waals surface area (Å²) in [5.74, 6) is -0.833. The van der Waals surface area contributed by atoms with Crippen LogP contribution in [0.2, 0.25) is 0 Å². The van der Waals surface area contributed by atoms with Crippen molar-refractivity contribution in [2.75, 3.05) is 0 Å². The minimum Gasteiger partial charge on any atom is -0.481 e. The number of hydrogen-bond acceptors (Lipinski definition) is 2. The number of carbonyl (C=O) groups is 1. The Kier molecular flexibility index (Phi) is 20.2. The Hall–Kier alpha value is -1.35. The van der Waals surface area contributed by atoms with E-state index in [9.17, 15) is 0 Å². The van der Waals surface area contributed by atoms with E-state index in [4.69, 9.17) is 15.0 Å². The molecule has 0 radical (unpaired) electrons. The SMILES string of the molecule is C.CC(=O)O.CCC.OCc1ccccc1. The molecule has 0 amide bonds. The third-order valence-corrected chi connectivity index (χ3v) is 1.03. The van der Waals surface area contributed by atoms with Crippen molar-refractivity contribution < 1.29 is 15.0 Å². The molecule has 1 rings (SSSR count). The van der Waals surface area contributed by atoms with Crippen LogP contribution in [0.4, 0.5) is 0 Å². The lowest BCUT2D eigenvalue weighted by atomic mass is 10.2. The van der Waals surface area contributed by atoms with Gasteiger partial charge in [-0.05, 0) is 5.56 Å². The molecule has 3 heteroatoms. The topological polar surface area (TPSA) is 57.5 Å². The highest BCUT2D eigenvalue weighted by atomic mass is 16.4. The minimum atomic E-state index is -0.833. The van der Waals surface area contributed by atoms with E-state index in [2.05, 4.69) is 13.8 Å². The lowest BCUT2D eigenvalue weighted by Gasteiger charge is -1.89. The summed E-state index contributed by atoms with van der Waals surface area (Å²) in [7, 11) is 0. The van der Waals surface area contributed by atoms with Gasteiger partial charge in [0.2, 0.25) is 0 Å². The van der Waals surface area contributed by atoms with E-state index in [0.29, 0.717) is 0 Å². The number of carboxylic acids is 1. The molecular weight excluding hydrogens is 204 g/mol. The molecule has 0 aromatic heterocycles. The number of aliphatic hydroxyl groups is 1. The van der Waals surface area contributed by atoms with E-state index in [1.807, 2.05) is 30.3 Å². The summed E-state index contributed by atoms with van der Waals surface area (Å²) >= 11 is 0. The number of aliphatic hydroxyl groups excluding tert-OH is 1. The molecule has 16 heavy (non-hydrogen) atoms. The van der Waals surface area contributed by atoms with Crippen LogP contribution in [0.25, 0.3) is 0 Å². The van der Waals surface area contributed by atoms with Gasteiger partial charge in [0.15, 0.2) is 0 Å². The minimum absolute atomic E-state index is 0. The molecule has 0 heterocycles. The standard InChI is InChI=1S/C7H8O.C3H8.C2H4O2.CH4/c8-6-7-4-2-1-3-5-7;1-3-2;1-2(3)4;/h1-5,8H,6H2;3H2,1-2H3;1H3,(H,3,4);1H4. The zero-order valence-electron chi connectivity index (χ0n) is 9.60. The Labute approximate surface area is 98.8 Å². The van der Waals surface area contributed by atoms with Gasteiger partial charge in [0, 0.05) is 6.92 Å². The Morgan fingerprint density at radius 2 is 1.50 bits per heavy atom. The average molecular weight is 228 g/mol. The molecule has 1 aromatic carbocycles. The van der Waals surface area contributed by atoms with Crippen molar-refractivity contribution in [1.29, 1.82) is 0 Å². The molecular formula is C13H24O3. The number of rotatable bonds is 1. The second-order valence-corrected chi connectivity index (χ2v) is 2.87. The largest absolute Gasteiger partial charge is 0.481 e. The van der Waals surface area contributed by atoms with Crippen molar-refractivity contribution >= 4 is 5.97 Å². The van der Waals surface area contributed by atoms with Gasteiger partial charge in [-0.1, -0.05) is 58.0 Å². The van der Waals surface area contributed by atoms with Crippen LogP contribution in [-0.2, 0) is 11.4 Å². The maximum atomic E-state index is 9.00. The van der Waals surface area contributed by atoms with Crippen LogP contribution in [-0.4, -0.2) is 16.2 Å². The van der Waals surface area contributed by atoms with Crippen molar-refractivity contribution in [3.05, 3.63) is 35.9 Å². The normalized spacial score (nSPS) is 7.25. The lowest BCUT2D eigenvalue weighted by molar-refractivity contribution is -0.134. The molecule has 0 aliphatic carbocycles. The van der Waals surface area contributed by atoms with Gasteiger partial charge in [0.05, 0.1) is 6.61 Å². The molecule has 0 fully saturated rings. The first-order chi connectivity index (χ1) is 7.08. The van der Waals surface area contributed by atoms with Crippen LogP contribution >= 0.6 is 0 Å². The molecule has 3 nitrogen and oxygen atoms in total. The van der Waals surface area contributed by atoms with Gasteiger partial charge in [-0.3, -0.25) is 4.79 Å². The number of aliphatic carboxylic acids is 1. The van der Waals surface area contributed by atoms with Gasteiger partial charge in [-0.25, -0.2) is 0 Å². The van der Waals surface area contributed by atoms with E-state index >= 15 is 0 Å². The number of carboxylic acid groups (broad SMARTS) is 1. The Bertz CT molecular complexity index is 228. The van der Waals surface area contributed by atoms with Crippen LogP contribution < -0.4 is 0 Å². The number of hydrogen-bond donors (Lipinski definition) is 2. The summed E-state index contributed by atoms with van der Waals surface area (Å²) in [6.07, 6.45) is 1.25. The summed E-state index contributed by atoms with van der Waals surface area (Å²) in [5, 5.41) is 16.0. The second kappa shape index (κ2) is 16.1. The molecule has 0 aliphatic heterocycles. The molecule has 0 aliphatic rings. The van der Waals surface area contributed by atoms with Crippen molar-refractivity contribution in [1.82, 2.24) is 0 Å². The Morgan fingerprint density at radius 1 is 1.19 bits per heavy atom. The van der Waals surface area contributed by atoms with Gasteiger partial charge in [-0.2, -0.15) is 0 Å². The molecule has 2 N–H and O–H groups in total. The van der Waals surface area contributed by atoms with Gasteiger partial charge in [-0.15, -0.1) is 0 Å². The van der Waals surface area contributed by atoms with E-state index in [1.54, 1.807) is 0 Å². The maximum Gasteiger partial charge on any atom is 0.300 e. The first kappa shape index (κ1) is 20.1. The van der Waals surface area contributed by atoms with Gasteiger partial charge < -0.3 is 10.2 Å². The van der Waals surface area contributed by atoms with Crippen LogP contribution in [0.15, 0.2) is 30.3 Å². The maximum absolute atomic E-state index is 9.00. The van der Waals surface area contributed by atoms with Gasteiger partial charge in [0.1, 0.15) is 0 Å². The predicted molar refractivity (Wildman–Crippen MR) is 68.4 cm³/mol. The highest BCUT2D eigenvalue weighted by Gasteiger charge is 1.81. The molecule has 0 saturated carbocycles. The van der Waals surface area contributed by atoms with Crippen molar-refractivity contribution in [2.45, 2.75) is 41.2 Å². The monoisotopic (exact) mass is 228 g/mol. The second-order valence-electron chi connectivity index (χ2n) is 2.87. The van der Waals surface area contributed by atoms with Gasteiger partial charge >= 0.3 is 0 Å². The van der Waals surface area contributed by atoms with E-state index in [1.165, 1.54) is 6.42 Å². The fourth-order valence-corrected chi connectivity index (χ4v) is 0.583. The molecule has 0 spiro atoms. The smallest absolute Gasteiger partial charge is 0.300 e. The summed E-state index contributed by atoms with van der Waals surface area (Å²) in [4.78, 5) is 9.00. The fraction of sp³-hybridized carbons (Fsp3) is 0.462. The van der Waals surface area contributed by atoms with Crippen molar-refractivity contribution in [3.63, 3.8) is 0 Å². The Morgan fingerprint density at radius 3 is 1.69 bits per heavy atom. The predicted octanol–water partition coefficient (Wildman–Crippen LogP) is 3.32. The first-order valence-electron chi connectivity index (χ1n) is 4.92. The third-order valence-electron chi connectivity index (χ3n) is 1.03.